The van der Waals surface area contributed by atoms with Crippen molar-refractivity contribution in [3.05, 3.63) is 64.1 Å². The zero-order chi connectivity index (χ0) is 19.2. The molecule has 1 atom stereocenters. The van der Waals surface area contributed by atoms with E-state index in [0.29, 0.717) is 15.6 Å². The number of benzene rings is 1. The molecule has 0 spiro atoms. The molecule has 0 bridgehead atoms. The third-order valence-electron chi connectivity index (χ3n) is 4.02. The van der Waals surface area contributed by atoms with E-state index in [4.69, 9.17) is 17.3 Å². The summed E-state index contributed by atoms with van der Waals surface area (Å²) in [5.41, 5.74) is 7.36. The minimum atomic E-state index is -0.121. The third-order valence-corrected chi connectivity index (χ3v) is 5.38. The Balaban J connectivity index is 1.76. The van der Waals surface area contributed by atoms with Crippen LogP contribution in [-0.2, 0) is 0 Å². The monoisotopic (exact) mass is 401 g/mol. The number of amides is 1. The number of hydrogen-bond acceptors (Lipinski definition) is 6. The predicted molar refractivity (Wildman–Crippen MR) is 110 cm³/mol. The molecule has 0 aliphatic rings. The zero-order valence-electron chi connectivity index (χ0n) is 14.8. The summed E-state index contributed by atoms with van der Waals surface area (Å²) in [6.07, 6.45) is 2.37. The van der Waals surface area contributed by atoms with E-state index in [1.165, 1.54) is 11.3 Å². The molecule has 0 fully saturated rings. The van der Waals surface area contributed by atoms with Crippen LogP contribution in [0.5, 0.6) is 0 Å². The van der Waals surface area contributed by atoms with Crippen molar-refractivity contribution in [3.8, 4) is 10.6 Å². The minimum Gasteiger partial charge on any atom is -0.368 e. The molecule has 0 saturated heterocycles. The predicted octanol–water partition coefficient (Wildman–Crippen LogP) is 3.52. The Morgan fingerprint density at radius 1 is 1.22 bits per heavy atom. The first-order valence-electron chi connectivity index (χ1n) is 8.46. The molecule has 2 heterocycles. The van der Waals surface area contributed by atoms with Crippen LogP contribution in [0.4, 0.5) is 5.95 Å². The molecule has 0 aliphatic heterocycles. The molecular weight excluding hydrogens is 382 g/mol. The van der Waals surface area contributed by atoms with Gasteiger partial charge in [-0.2, -0.15) is 0 Å². The van der Waals surface area contributed by atoms with Crippen LogP contribution in [-0.4, -0.2) is 29.5 Å². The quantitative estimate of drug-likeness (QED) is 0.563. The normalized spacial score (nSPS) is 11.9. The van der Waals surface area contributed by atoms with Gasteiger partial charge in [0.15, 0.2) is 0 Å². The minimum absolute atomic E-state index is 0.109. The summed E-state index contributed by atoms with van der Waals surface area (Å²) in [6, 6.07) is 12.9. The molecule has 140 valence electrons. The van der Waals surface area contributed by atoms with Crippen molar-refractivity contribution < 1.29 is 4.79 Å². The lowest BCUT2D eigenvalue weighted by Crippen LogP contribution is -2.30. The number of carbonyl (C=O) groups is 1. The van der Waals surface area contributed by atoms with Gasteiger partial charge in [0.2, 0.25) is 5.95 Å². The number of halogens is 1. The highest BCUT2D eigenvalue weighted by Crippen LogP contribution is 2.27. The van der Waals surface area contributed by atoms with Gasteiger partial charge in [0, 0.05) is 11.2 Å². The Bertz CT molecular complexity index is 912. The van der Waals surface area contributed by atoms with E-state index in [0.717, 1.165) is 23.4 Å². The van der Waals surface area contributed by atoms with Crippen LogP contribution in [0.2, 0.25) is 5.02 Å². The van der Waals surface area contributed by atoms with E-state index >= 15 is 0 Å². The Labute approximate surface area is 166 Å². The SMILES string of the molecule is CNCCC(NC(=O)c1ccc(-c2ccnc(N)n2)s1)c1ccc(Cl)cc1. The first-order valence-corrected chi connectivity index (χ1v) is 9.66. The van der Waals surface area contributed by atoms with Crippen molar-refractivity contribution in [2.24, 2.45) is 0 Å². The lowest BCUT2D eigenvalue weighted by atomic mass is 10.0. The lowest BCUT2D eigenvalue weighted by Gasteiger charge is -2.19. The van der Waals surface area contributed by atoms with Crippen LogP contribution >= 0.6 is 22.9 Å². The van der Waals surface area contributed by atoms with Crippen LogP contribution in [0.25, 0.3) is 10.6 Å². The van der Waals surface area contributed by atoms with Gasteiger partial charge in [-0.1, -0.05) is 23.7 Å². The van der Waals surface area contributed by atoms with Gasteiger partial charge in [-0.3, -0.25) is 4.79 Å². The summed E-state index contributed by atoms with van der Waals surface area (Å²) in [5.74, 6) is 0.0890. The highest BCUT2D eigenvalue weighted by Gasteiger charge is 2.17. The number of nitrogens with two attached hydrogens (primary N) is 1. The van der Waals surface area contributed by atoms with Crippen molar-refractivity contribution in [1.29, 1.82) is 0 Å². The summed E-state index contributed by atoms with van der Waals surface area (Å²) in [7, 11) is 1.89. The fourth-order valence-electron chi connectivity index (χ4n) is 2.64. The molecule has 0 saturated carbocycles. The molecule has 1 aromatic carbocycles. The molecule has 4 N–H and O–H groups in total. The van der Waals surface area contributed by atoms with Crippen LogP contribution < -0.4 is 16.4 Å². The summed E-state index contributed by atoms with van der Waals surface area (Å²) in [6.45, 7) is 0.781. The number of hydrogen-bond donors (Lipinski definition) is 3. The molecule has 3 rings (SSSR count). The molecule has 1 unspecified atom stereocenters. The van der Waals surface area contributed by atoms with Crippen LogP contribution in [0, 0.1) is 0 Å². The molecule has 6 nitrogen and oxygen atoms in total. The van der Waals surface area contributed by atoms with Crippen LogP contribution in [0.1, 0.15) is 27.7 Å². The zero-order valence-corrected chi connectivity index (χ0v) is 16.3. The Hall–Kier alpha value is -2.48. The van der Waals surface area contributed by atoms with E-state index in [9.17, 15) is 4.79 Å². The second kappa shape index (κ2) is 8.94. The van der Waals surface area contributed by atoms with Gasteiger partial charge in [-0.25, -0.2) is 9.97 Å². The summed E-state index contributed by atoms with van der Waals surface area (Å²) in [4.78, 5) is 22.3. The van der Waals surface area contributed by atoms with Crippen LogP contribution in [0.15, 0.2) is 48.7 Å². The average molecular weight is 402 g/mol. The first-order chi connectivity index (χ1) is 13.1. The van der Waals surface area contributed by atoms with Crippen molar-refractivity contribution in [2.75, 3.05) is 19.3 Å². The van der Waals surface area contributed by atoms with Gasteiger partial charge in [-0.05, 0) is 55.9 Å². The second-order valence-corrected chi connectivity index (χ2v) is 7.45. The highest BCUT2D eigenvalue weighted by molar-refractivity contribution is 7.17. The van der Waals surface area contributed by atoms with Crippen molar-refractivity contribution in [1.82, 2.24) is 20.6 Å². The molecule has 0 aliphatic carbocycles. The first kappa shape index (κ1) is 19.3. The number of carbonyl (C=O) groups excluding carboxylic acids is 1. The molecule has 27 heavy (non-hydrogen) atoms. The Kier molecular flexibility index (Phi) is 6.39. The Morgan fingerprint density at radius 2 is 2.00 bits per heavy atom. The van der Waals surface area contributed by atoms with E-state index in [1.54, 1.807) is 18.3 Å². The van der Waals surface area contributed by atoms with Crippen LogP contribution in [0.3, 0.4) is 0 Å². The summed E-state index contributed by atoms with van der Waals surface area (Å²) < 4.78 is 0. The smallest absolute Gasteiger partial charge is 0.261 e. The standard InChI is InChI=1S/C19H20ClN5OS/c1-22-10-8-14(12-2-4-13(20)5-3-12)24-18(26)17-7-6-16(27-17)15-9-11-23-19(21)25-15/h2-7,9,11,14,22H,8,10H2,1H3,(H,24,26)(H2,21,23,25). The number of nitrogens with one attached hydrogen (secondary N) is 2. The van der Waals surface area contributed by atoms with Crippen molar-refractivity contribution in [3.63, 3.8) is 0 Å². The summed E-state index contributed by atoms with van der Waals surface area (Å²) in [5, 5.41) is 6.90. The number of rotatable bonds is 7. The molecule has 1 amide bonds. The largest absolute Gasteiger partial charge is 0.368 e. The Morgan fingerprint density at radius 3 is 2.70 bits per heavy atom. The second-order valence-electron chi connectivity index (χ2n) is 5.93. The fraction of sp³-hybridized carbons (Fsp3) is 0.211. The van der Waals surface area contributed by atoms with Gasteiger partial charge in [0.1, 0.15) is 0 Å². The number of thiophene rings is 1. The molecule has 3 aromatic rings. The molecule has 2 aromatic heterocycles. The maximum absolute atomic E-state index is 12.8. The topological polar surface area (TPSA) is 92.9 Å². The highest BCUT2D eigenvalue weighted by atomic mass is 35.5. The summed E-state index contributed by atoms with van der Waals surface area (Å²) >= 11 is 7.35. The maximum atomic E-state index is 12.8. The van der Waals surface area contributed by atoms with Crippen molar-refractivity contribution >= 4 is 34.8 Å². The van der Waals surface area contributed by atoms with Gasteiger partial charge in [0.25, 0.3) is 5.91 Å². The molecular formula is C19H20ClN5OS. The lowest BCUT2D eigenvalue weighted by molar-refractivity contribution is 0.0939. The number of anilines is 1. The van der Waals surface area contributed by atoms with E-state index in [1.807, 2.05) is 37.4 Å². The number of aromatic nitrogens is 2. The van der Waals surface area contributed by atoms with Crippen molar-refractivity contribution in [2.45, 2.75) is 12.5 Å². The molecule has 0 radical (unpaired) electrons. The number of nitrogens with zero attached hydrogens (tertiary/aromatic N) is 2. The van der Waals surface area contributed by atoms with Gasteiger partial charge in [0.05, 0.1) is 21.5 Å². The number of nitrogen functional groups attached to an aromatic ring is 1. The van der Waals surface area contributed by atoms with Gasteiger partial charge in [-0.15, -0.1) is 11.3 Å². The third kappa shape index (κ3) is 5.03. The van der Waals surface area contributed by atoms with E-state index in [2.05, 4.69) is 20.6 Å². The fourth-order valence-corrected chi connectivity index (χ4v) is 3.65. The molecule has 8 heteroatoms. The van der Waals surface area contributed by atoms with E-state index < -0.39 is 0 Å². The van der Waals surface area contributed by atoms with Gasteiger partial charge < -0.3 is 16.4 Å². The van der Waals surface area contributed by atoms with Gasteiger partial charge >= 0.3 is 0 Å². The van der Waals surface area contributed by atoms with E-state index in [-0.39, 0.29) is 17.9 Å². The average Bonchev–Trinajstić information content (AvgIpc) is 3.16. The maximum Gasteiger partial charge on any atom is 0.261 e.